The first-order valence-corrected chi connectivity index (χ1v) is 7.11. The summed E-state index contributed by atoms with van der Waals surface area (Å²) in [6.07, 6.45) is 7.26. The largest absolute Gasteiger partial charge is 0.326 e. The molecule has 1 fully saturated rings. The number of likely N-dealkylation sites (tertiary alicyclic amines) is 1. The number of hydrogen-bond donors (Lipinski definition) is 1. The minimum atomic E-state index is 0.228. The molecule has 2 atom stereocenters. The van der Waals surface area contributed by atoms with Crippen molar-refractivity contribution in [3.8, 4) is 0 Å². The third-order valence-electron chi connectivity index (χ3n) is 3.36. The van der Waals surface area contributed by atoms with Gasteiger partial charge in [-0.3, -0.25) is 9.88 Å². The number of halogens is 1. The van der Waals surface area contributed by atoms with Crippen LogP contribution in [0.5, 0.6) is 0 Å². The molecule has 3 nitrogen and oxygen atoms in total. The minimum absolute atomic E-state index is 0.228. The van der Waals surface area contributed by atoms with Gasteiger partial charge in [-0.05, 0) is 59.9 Å². The Labute approximate surface area is 112 Å². The molecular formula is C13H20BrN3. The molecule has 2 N–H and O–H groups in total. The Hall–Kier alpha value is -0.450. The summed E-state index contributed by atoms with van der Waals surface area (Å²) in [6.45, 7) is 4.49. The average Bonchev–Trinajstić information content (AvgIpc) is 2.29. The van der Waals surface area contributed by atoms with Crippen LogP contribution in [0, 0.1) is 0 Å². The van der Waals surface area contributed by atoms with Gasteiger partial charge in [-0.1, -0.05) is 6.92 Å². The molecule has 2 rings (SSSR count). The van der Waals surface area contributed by atoms with E-state index in [4.69, 9.17) is 5.73 Å². The third-order valence-corrected chi connectivity index (χ3v) is 3.79. The molecule has 1 aliphatic heterocycles. The maximum atomic E-state index is 6.30. The first-order chi connectivity index (χ1) is 8.22. The van der Waals surface area contributed by atoms with Crippen LogP contribution < -0.4 is 5.73 Å². The highest BCUT2D eigenvalue weighted by Gasteiger charge is 2.29. The van der Waals surface area contributed by atoms with Crippen molar-refractivity contribution in [1.82, 2.24) is 9.88 Å². The van der Waals surface area contributed by atoms with Gasteiger partial charge in [-0.15, -0.1) is 0 Å². The number of rotatable bonds is 3. The van der Waals surface area contributed by atoms with Gasteiger partial charge in [-0.25, -0.2) is 0 Å². The van der Waals surface area contributed by atoms with Crippen LogP contribution in [0.25, 0.3) is 0 Å². The van der Waals surface area contributed by atoms with Crippen molar-refractivity contribution in [2.45, 2.75) is 38.3 Å². The standard InChI is InChI=1S/C13H20BrN3/c1-2-5-17-6-3-4-12(15)13(17)10-7-11(14)9-16-8-10/h7-9,12-13H,2-6,15H2,1H3. The number of pyridine rings is 1. The molecule has 17 heavy (non-hydrogen) atoms. The van der Waals surface area contributed by atoms with Gasteiger partial charge in [0.1, 0.15) is 0 Å². The van der Waals surface area contributed by atoms with Crippen LogP contribution in [0.4, 0.5) is 0 Å². The predicted molar refractivity (Wildman–Crippen MR) is 73.8 cm³/mol. The van der Waals surface area contributed by atoms with E-state index < -0.39 is 0 Å². The van der Waals surface area contributed by atoms with E-state index in [1.54, 1.807) is 0 Å². The van der Waals surface area contributed by atoms with E-state index in [1.165, 1.54) is 18.4 Å². The van der Waals surface area contributed by atoms with E-state index in [0.717, 1.165) is 24.0 Å². The van der Waals surface area contributed by atoms with E-state index in [1.807, 2.05) is 12.4 Å². The summed E-state index contributed by atoms with van der Waals surface area (Å²) >= 11 is 3.49. The van der Waals surface area contributed by atoms with E-state index in [-0.39, 0.29) is 6.04 Å². The van der Waals surface area contributed by atoms with Gasteiger partial charge in [0.05, 0.1) is 6.04 Å². The van der Waals surface area contributed by atoms with Gasteiger partial charge in [0, 0.05) is 22.9 Å². The third kappa shape index (κ3) is 3.06. The molecule has 0 spiro atoms. The maximum Gasteiger partial charge on any atom is 0.0514 e. The quantitative estimate of drug-likeness (QED) is 0.933. The maximum absolute atomic E-state index is 6.30. The van der Waals surface area contributed by atoms with Crippen molar-refractivity contribution in [1.29, 1.82) is 0 Å². The van der Waals surface area contributed by atoms with Crippen molar-refractivity contribution in [3.05, 3.63) is 28.5 Å². The second-order valence-corrected chi connectivity index (χ2v) is 5.64. The normalized spacial score (nSPS) is 26.1. The lowest BCUT2D eigenvalue weighted by Gasteiger charge is -2.39. The van der Waals surface area contributed by atoms with E-state index in [2.05, 4.69) is 38.8 Å². The number of aromatic nitrogens is 1. The molecule has 0 amide bonds. The second kappa shape index (κ2) is 5.94. The van der Waals surface area contributed by atoms with Gasteiger partial charge in [0.25, 0.3) is 0 Å². The van der Waals surface area contributed by atoms with Crippen LogP contribution in [-0.2, 0) is 0 Å². The van der Waals surface area contributed by atoms with Gasteiger partial charge in [0.15, 0.2) is 0 Å². The summed E-state index contributed by atoms with van der Waals surface area (Å²) in [6, 6.07) is 2.70. The molecular weight excluding hydrogens is 278 g/mol. The van der Waals surface area contributed by atoms with Crippen LogP contribution in [-0.4, -0.2) is 29.0 Å². The lowest BCUT2D eigenvalue weighted by atomic mass is 9.92. The molecule has 1 aromatic rings. The Bertz CT molecular complexity index is 367. The fourth-order valence-corrected chi connectivity index (χ4v) is 3.07. The number of hydrogen-bond acceptors (Lipinski definition) is 3. The van der Waals surface area contributed by atoms with Crippen molar-refractivity contribution >= 4 is 15.9 Å². The molecule has 0 bridgehead atoms. The first kappa shape index (κ1) is 13.0. The zero-order valence-electron chi connectivity index (χ0n) is 10.3. The van der Waals surface area contributed by atoms with Crippen molar-refractivity contribution in [2.24, 2.45) is 5.73 Å². The molecule has 2 heterocycles. The lowest BCUT2D eigenvalue weighted by Crippen LogP contribution is -2.46. The Kier molecular flexibility index (Phi) is 4.54. The van der Waals surface area contributed by atoms with Gasteiger partial charge >= 0.3 is 0 Å². The fraction of sp³-hybridized carbons (Fsp3) is 0.615. The molecule has 94 valence electrons. The van der Waals surface area contributed by atoms with E-state index >= 15 is 0 Å². The summed E-state index contributed by atoms with van der Waals surface area (Å²) in [5.74, 6) is 0. The molecule has 2 unspecified atom stereocenters. The number of nitrogens with two attached hydrogens (primary N) is 1. The number of nitrogens with zero attached hydrogens (tertiary/aromatic N) is 2. The summed E-state index contributed by atoms with van der Waals surface area (Å²) in [7, 11) is 0. The van der Waals surface area contributed by atoms with Crippen LogP contribution in [0.3, 0.4) is 0 Å². The highest BCUT2D eigenvalue weighted by molar-refractivity contribution is 9.10. The van der Waals surface area contributed by atoms with Crippen LogP contribution in [0.1, 0.15) is 37.8 Å². The SMILES string of the molecule is CCCN1CCCC(N)C1c1cncc(Br)c1. The smallest absolute Gasteiger partial charge is 0.0514 e. The van der Waals surface area contributed by atoms with Crippen LogP contribution in [0.15, 0.2) is 22.9 Å². The molecule has 0 aromatic carbocycles. The molecule has 0 radical (unpaired) electrons. The van der Waals surface area contributed by atoms with Crippen molar-refractivity contribution in [2.75, 3.05) is 13.1 Å². The predicted octanol–water partition coefficient (Wildman–Crippen LogP) is 2.72. The zero-order chi connectivity index (χ0) is 12.3. The Morgan fingerprint density at radius 2 is 2.35 bits per heavy atom. The average molecular weight is 298 g/mol. The van der Waals surface area contributed by atoms with E-state index in [9.17, 15) is 0 Å². The fourth-order valence-electron chi connectivity index (χ4n) is 2.68. The lowest BCUT2D eigenvalue weighted by molar-refractivity contribution is 0.128. The van der Waals surface area contributed by atoms with Crippen molar-refractivity contribution in [3.63, 3.8) is 0 Å². The molecule has 1 aromatic heterocycles. The highest BCUT2D eigenvalue weighted by atomic mass is 79.9. The molecule has 0 aliphatic carbocycles. The van der Waals surface area contributed by atoms with Crippen LogP contribution in [0.2, 0.25) is 0 Å². The van der Waals surface area contributed by atoms with Gasteiger partial charge < -0.3 is 5.73 Å². The highest BCUT2D eigenvalue weighted by Crippen LogP contribution is 2.30. The molecule has 4 heteroatoms. The number of piperidine rings is 1. The summed E-state index contributed by atoms with van der Waals surface area (Å²) in [5, 5.41) is 0. The van der Waals surface area contributed by atoms with Crippen molar-refractivity contribution < 1.29 is 0 Å². The van der Waals surface area contributed by atoms with E-state index in [0.29, 0.717) is 6.04 Å². The minimum Gasteiger partial charge on any atom is -0.326 e. The summed E-state index contributed by atoms with van der Waals surface area (Å²) in [4.78, 5) is 6.76. The topological polar surface area (TPSA) is 42.1 Å². The zero-order valence-corrected chi connectivity index (χ0v) is 11.9. The Morgan fingerprint density at radius 1 is 1.53 bits per heavy atom. The molecule has 0 saturated carbocycles. The molecule has 1 aliphatic rings. The Morgan fingerprint density at radius 3 is 3.06 bits per heavy atom. The van der Waals surface area contributed by atoms with Gasteiger partial charge in [-0.2, -0.15) is 0 Å². The molecule has 1 saturated heterocycles. The van der Waals surface area contributed by atoms with Crippen LogP contribution >= 0.6 is 15.9 Å². The summed E-state index contributed by atoms with van der Waals surface area (Å²) < 4.78 is 1.03. The summed E-state index contributed by atoms with van der Waals surface area (Å²) in [5.41, 5.74) is 7.53. The first-order valence-electron chi connectivity index (χ1n) is 6.32. The monoisotopic (exact) mass is 297 g/mol. The second-order valence-electron chi connectivity index (χ2n) is 4.72. The Balaban J connectivity index is 2.24. The van der Waals surface area contributed by atoms with Gasteiger partial charge in [0.2, 0.25) is 0 Å².